The van der Waals surface area contributed by atoms with E-state index in [1.54, 1.807) is 30.1 Å². The van der Waals surface area contributed by atoms with Crippen LogP contribution in [0.5, 0.6) is 11.6 Å². The minimum Gasteiger partial charge on any atom is -0.497 e. The summed E-state index contributed by atoms with van der Waals surface area (Å²) >= 11 is 0. The van der Waals surface area contributed by atoms with Crippen LogP contribution in [0.15, 0.2) is 42.9 Å². The fourth-order valence-electron chi connectivity index (χ4n) is 1.87. The summed E-state index contributed by atoms with van der Waals surface area (Å²) in [5.41, 5.74) is 1.49. The van der Waals surface area contributed by atoms with Gasteiger partial charge in [-0.2, -0.15) is 4.98 Å². The molecule has 0 aliphatic rings. The maximum Gasteiger partial charge on any atom is 0.239 e. The molecule has 0 fully saturated rings. The molecule has 0 saturated carbocycles. The highest BCUT2D eigenvalue weighted by Gasteiger charge is 2.11. The number of rotatable bonds is 2. The SMILES string of the molecule is COc1ccc(-c2nc(O)c3cnccn23)cc1. The fraction of sp³-hybridized carbons (Fsp3) is 0.0769. The molecule has 3 rings (SSSR count). The molecule has 5 heteroatoms. The summed E-state index contributed by atoms with van der Waals surface area (Å²) < 4.78 is 6.91. The minimum absolute atomic E-state index is 0.0195. The summed E-state index contributed by atoms with van der Waals surface area (Å²) in [5, 5.41) is 9.76. The van der Waals surface area contributed by atoms with Gasteiger partial charge in [0.25, 0.3) is 0 Å². The average Bonchev–Trinajstić information content (AvgIpc) is 2.77. The third kappa shape index (κ3) is 1.57. The van der Waals surface area contributed by atoms with E-state index in [0.29, 0.717) is 11.3 Å². The summed E-state index contributed by atoms with van der Waals surface area (Å²) in [6.07, 6.45) is 5.00. The quantitative estimate of drug-likeness (QED) is 0.746. The molecule has 0 aliphatic heterocycles. The Morgan fingerprint density at radius 1 is 1.22 bits per heavy atom. The van der Waals surface area contributed by atoms with Gasteiger partial charge in [-0.25, -0.2) is 0 Å². The van der Waals surface area contributed by atoms with Crippen molar-refractivity contribution in [3.8, 4) is 23.0 Å². The molecule has 5 nitrogen and oxygen atoms in total. The van der Waals surface area contributed by atoms with E-state index in [-0.39, 0.29) is 5.88 Å². The Kier molecular flexibility index (Phi) is 2.37. The van der Waals surface area contributed by atoms with E-state index in [1.165, 1.54) is 0 Å². The molecule has 1 aromatic carbocycles. The van der Waals surface area contributed by atoms with E-state index in [9.17, 15) is 5.11 Å². The molecule has 0 saturated heterocycles. The van der Waals surface area contributed by atoms with Crippen LogP contribution in [0.1, 0.15) is 0 Å². The molecular formula is C13H11N3O2. The lowest BCUT2D eigenvalue weighted by molar-refractivity contribution is 0.415. The van der Waals surface area contributed by atoms with Crippen LogP contribution in [-0.4, -0.2) is 26.6 Å². The molecule has 3 aromatic rings. The monoisotopic (exact) mass is 241 g/mol. The van der Waals surface area contributed by atoms with Gasteiger partial charge in [0.05, 0.1) is 13.3 Å². The first-order chi connectivity index (χ1) is 8.79. The number of aromatic nitrogens is 3. The molecule has 0 atom stereocenters. The van der Waals surface area contributed by atoms with E-state index >= 15 is 0 Å². The van der Waals surface area contributed by atoms with Crippen molar-refractivity contribution in [2.75, 3.05) is 7.11 Å². The van der Waals surface area contributed by atoms with E-state index in [4.69, 9.17) is 4.74 Å². The lowest BCUT2D eigenvalue weighted by Crippen LogP contribution is -1.89. The van der Waals surface area contributed by atoms with Gasteiger partial charge in [0.1, 0.15) is 17.1 Å². The van der Waals surface area contributed by atoms with Gasteiger partial charge in [-0.05, 0) is 24.3 Å². The number of fused-ring (bicyclic) bond motifs is 1. The first-order valence-corrected chi connectivity index (χ1v) is 5.45. The van der Waals surface area contributed by atoms with Gasteiger partial charge >= 0.3 is 0 Å². The second-order valence-electron chi connectivity index (χ2n) is 3.82. The molecule has 0 aliphatic carbocycles. The number of ether oxygens (including phenoxy) is 1. The molecule has 2 aromatic heterocycles. The number of imidazole rings is 1. The normalized spacial score (nSPS) is 10.7. The Morgan fingerprint density at radius 3 is 2.72 bits per heavy atom. The Morgan fingerprint density at radius 2 is 2.00 bits per heavy atom. The Labute approximate surface area is 103 Å². The molecule has 0 amide bonds. The van der Waals surface area contributed by atoms with Crippen LogP contribution in [0, 0.1) is 0 Å². The number of nitrogens with zero attached hydrogens (tertiary/aromatic N) is 3. The van der Waals surface area contributed by atoms with Crippen LogP contribution < -0.4 is 4.74 Å². The van der Waals surface area contributed by atoms with E-state index in [2.05, 4.69) is 9.97 Å². The van der Waals surface area contributed by atoms with Crippen molar-refractivity contribution in [1.82, 2.24) is 14.4 Å². The Hall–Kier alpha value is -2.56. The van der Waals surface area contributed by atoms with Crippen LogP contribution in [0.25, 0.3) is 16.9 Å². The van der Waals surface area contributed by atoms with Crippen LogP contribution in [-0.2, 0) is 0 Å². The van der Waals surface area contributed by atoms with Crippen molar-refractivity contribution in [2.45, 2.75) is 0 Å². The standard InChI is InChI=1S/C13H11N3O2/c1-18-10-4-2-9(3-5-10)12-15-13(17)11-8-14-6-7-16(11)12/h2-8,17H,1H3. The molecule has 18 heavy (non-hydrogen) atoms. The van der Waals surface area contributed by atoms with Gasteiger partial charge in [0, 0.05) is 18.0 Å². The van der Waals surface area contributed by atoms with Crippen LogP contribution in [0.2, 0.25) is 0 Å². The maximum absolute atomic E-state index is 9.76. The Balaban J connectivity index is 2.18. The highest BCUT2D eigenvalue weighted by atomic mass is 16.5. The second kappa shape index (κ2) is 4.03. The Bertz CT molecular complexity index is 689. The zero-order valence-corrected chi connectivity index (χ0v) is 9.74. The highest BCUT2D eigenvalue weighted by Crippen LogP contribution is 2.26. The molecule has 2 heterocycles. The minimum atomic E-state index is -0.0195. The molecule has 0 unspecified atom stereocenters. The van der Waals surface area contributed by atoms with E-state index < -0.39 is 0 Å². The van der Waals surface area contributed by atoms with E-state index in [0.717, 1.165) is 11.3 Å². The predicted octanol–water partition coefficient (Wildman–Crippen LogP) is 2.11. The van der Waals surface area contributed by atoms with E-state index in [1.807, 2.05) is 24.3 Å². The summed E-state index contributed by atoms with van der Waals surface area (Å²) in [5.74, 6) is 1.44. The second-order valence-corrected chi connectivity index (χ2v) is 3.82. The molecule has 0 radical (unpaired) electrons. The first kappa shape index (κ1) is 10.6. The molecule has 0 bridgehead atoms. The van der Waals surface area contributed by atoms with Gasteiger partial charge in [-0.3, -0.25) is 9.38 Å². The van der Waals surface area contributed by atoms with Gasteiger partial charge < -0.3 is 9.84 Å². The van der Waals surface area contributed by atoms with Gasteiger partial charge in [-0.1, -0.05) is 0 Å². The third-order valence-electron chi connectivity index (χ3n) is 2.78. The van der Waals surface area contributed by atoms with Gasteiger partial charge in [-0.15, -0.1) is 0 Å². The van der Waals surface area contributed by atoms with Crippen LogP contribution in [0.4, 0.5) is 0 Å². The first-order valence-electron chi connectivity index (χ1n) is 5.45. The smallest absolute Gasteiger partial charge is 0.239 e. The van der Waals surface area contributed by atoms with Crippen molar-refractivity contribution >= 4 is 5.52 Å². The average molecular weight is 241 g/mol. The number of hydrogen-bond acceptors (Lipinski definition) is 4. The van der Waals surface area contributed by atoms with Crippen molar-refractivity contribution in [1.29, 1.82) is 0 Å². The zero-order chi connectivity index (χ0) is 12.5. The summed E-state index contributed by atoms with van der Waals surface area (Å²) in [6, 6.07) is 7.50. The lowest BCUT2D eigenvalue weighted by Gasteiger charge is -2.02. The summed E-state index contributed by atoms with van der Waals surface area (Å²) in [4.78, 5) is 8.12. The van der Waals surface area contributed by atoms with Gasteiger partial charge in [0.15, 0.2) is 0 Å². The third-order valence-corrected chi connectivity index (χ3v) is 2.78. The summed E-state index contributed by atoms with van der Waals surface area (Å²) in [7, 11) is 1.62. The maximum atomic E-state index is 9.76. The van der Waals surface area contributed by atoms with Crippen LogP contribution >= 0.6 is 0 Å². The predicted molar refractivity (Wildman–Crippen MR) is 66.6 cm³/mol. The van der Waals surface area contributed by atoms with Crippen molar-refractivity contribution < 1.29 is 9.84 Å². The highest BCUT2D eigenvalue weighted by molar-refractivity contribution is 5.67. The molecular weight excluding hydrogens is 230 g/mol. The van der Waals surface area contributed by atoms with Crippen molar-refractivity contribution in [3.63, 3.8) is 0 Å². The molecule has 90 valence electrons. The largest absolute Gasteiger partial charge is 0.497 e. The van der Waals surface area contributed by atoms with Crippen molar-refractivity contribution in [3.05, 3.63) is 42.9 Å². The topological polar surface area (TPSA) is 59.7 Å². The zero-order valence-electron chi connectivity index (χ0n) is 9.74. The molecule has 0 spiro atoms. The van der Waals surface area contributed by atoms with Crippen molar-refractivity contribution in [2.24, 2.45) is 0 Å². The molecule has 1 N–H and O–H groups in total. The number of hydrogen-bond donors (Lipinski definition) is 1. The number of benzene rings is 1. The fourth-order valence-corrected chi connectivity index (χ4v) is 1.87. The van der Waals surface area contributed by atoms with Gasteiger partial charge in [0.2, 0.25) is 5.88 Å². The number of methoxy groups -OCH3 is 1. The number of aromatic hydroxyl groups is 1. The van der Waals surface area contributed by atoms with Crippen LogP contribution in [0.3, 0.4) is 0 Å². The lowest BCUT2D eigenvalue weighted by atomic mass is 10.2. The summed E-state index contributed by atoms with van der Waals surface area (Å²) in [6.45, 7) is 0.